The van der Waals surface area contributed by atoms with Gasteiger partial charge in [-0.2, -0.15) is 5.10 Å². The quantitative estimate of drug-likeness (QED) is 0.543. The Bertz CT molecular complexity index is 1220. The maximum Gasteiger partial charge on any atom is 0.277 e. The molecule has 4 aromatic rings. The van der Waals surface area contributed by atoms with Crippen molar-refractivity contribution in [1.29, 1.82) is 0 Å². The highest BCUT2D eigenvalue weighted by Crippen LogP contribution is 2.32. The molecule has 1 amide bonds. The second-order valence-electron chi connectivity index (χ2n) is 6.32. The second kappa shape index (κ2) is 7.90. The fourth-order valence-electron chi connectivity index (χ4n) is 3.11. The first-order valence-corrected chi connectivity index (χ1v) is 8.94. The minimum Gasteiger partial charge on any atom is -0.319 e. The van der Waals surface area contributed by atoms with Crippen molar-refractivity contribution in [2.75, 3.05) is 5.32 Å². The Morgan fingerprint density at radius 3 is 2.07 bits per heavy atom. The zero-order chi connectivity index (χ0) is 20.2. The van der Waals surface area contributed by atoms with Gasteiger partial charge in [-0.15, -0.1) is 0 Å². The number of aromatic amines is 1. The maximum absolute atomic E-state index is 14.0. The minimum atomic E-state index is -0.713. The van der Waals surface area contributed by atoms with Crippen LogP contribution in [0, 0.1) is 5.82 Å². The number of rotatable bonds is 4. The fraction of sp³-hybridized carbons (Fsp3) is 0. The van der Waals surface area contributed by atoms with Gasteiger partial charge in [-0.1, -0.05) is 72.8 Å². The molecule has 0 spiro atoms. The van der Waals surface area contributed by atoms with Gasteiger partial charge in [-0.05, 0) is 17.7 Å². The molecule has 0 radical (unpaired) electrons. The number of para-hydroxylation sites is 1. The number of H-pyrrole nitrogens is 1. The van der Waals surface area contributed by atoms with Crippen LogP contribution in [-0.4, -0.2) is 16.1 Å². The van der Waals surface area contributed by atoms with E-state index in [1.807, 2.05) is 48.5 Å². The Labute approximate surface area is 165 Å². The molecule has 29 heavy (non-hydrogen) atoms. The molecule has 0 saturated carbocycles. The molecule has 3 aromatic carbocycles. The number of hydrogen-bond donors (Lipinski definition) is 2. The molecule has 1 aromatic heterocycles. The van der Waals surface area contributed by atoms with Gasteiger partial charge >= 0.3 is 0 Å². The Kier molecular flexibility index (Phi) is 4.99. The lowest BCUT2D eigenvalue weighted by atomic mass is 9.95. The second-order valence-corrected chi connectivity index (χ2v) is 6.32. The number of nitrogens with zero attached hydrogens (tertiary/aromatic N) is 1. The van der Waals surface area contributed by atoms with Crippen molar-refractivity contribution >= 4 is 11.6 Å². The normalized spacial score (nSPS) is 10.5. The van der Waals surface area contributed by atoms with Crippen LogP contribution in [0.3, 0.4) is 0 Å². The van der Waals surface area contributed by atoms with E-state index in [0.717, 1.165) is 5.56 Å². The molecule has 6 heteroatoms. The van der Waals surface area contributed by atoms with Gasteiger partial charge in [-0.25, -0.2) is 9.49 Å². The first-order chi connectivity index (χ1) is 14.1. The van der Waals surface area contributed by atoms with Gasteiger partial charge in [0.05, 0.1) is 11.4 Å². The Balaban J connectivity index is 1.92. The van der Waals surface area contributed by atoms with Crippen LogP contribution >= 0.6 is 0 Å². The molecule has 0 aliphatic heterocycles. The number of carbonyl (C=O) groups excluding carboxylic acids is 1. The lowest BCUT2D eigenvalue weighted by Gasteiger charge is -2.14. The zero-order valence-corrected chi connectivity index (χ0v) is 15.2. The Hall–Kier alpha value is -4.06. The van der Waals surface area contributed by atoms with Gasteiger partial charge in [0.25, 0.3) is 11.5 Å². The number of aromatic nitrogens is 2. The van der Waals surface area contributed by atoms with Gasteiger partial charge in [0.1, 0.15) is 11.4 Å². The molecule has 4 rings (SSSR count). The van der Waals surface area contributed by atoms with Crippen molar-refractivity contribution in [2.45, 2.75) is 0 Å². The van der Waals surface area contributed by atoms with Crippen LogP contribution in [0.5, 0.6) is 0 Å². The fourth-order valence-corrected chi connectivity index (χ4v) is 3.11. The number of amides is 1. The molecule has 0 atom stereocenters. The van der Waals surface area contributed by atoms with E-state index in [4.69, 9.17) is 0 Å². The van der Waals surface area contributed by atoms with Gasteiger partial charge in [0.15, 0.2) is 0 Å². The Morgan fingerprint density at radius 2 is 1.41 bits per heavy atom. The molecule has 0 saturated heterocycles. The molecule has 5 nitrogen and oxygen atoms in total. The predicted molar refractivity (Wildman–Crippen MR) is 110 cm³/mol. The average Bonchev–Trinajstić information content (AvgIpc) is 2.76. The number of carbonyl (C=O) groups is 1. The van der Waals surface area contributed by atoms with Crippen LogP contribution in [0.4, 0.5) is 10.1 Å². The van der Waals surface area contributed by atoms with E-state index >= 15 is 0 Å². The van der Waals surface area contributed by atoms with E-state index in [-0.39, 0.29) is 11.3 Å². The zero-order valence-electron chi connectivity index (χ0n) is 15.2. The van der Waals surface area contributed by atoms with Gasteiger partial charge in [0.2, 0.25) is 0 Å². The van der Waals surface area contributed by atoms with E-state index in [2.05, 4.69) is 15.5 Å². The molecule has 0 aliphatic rings. The van der Waals surface area contributed by atoms with Crippen LogP contribution in [0.2, 0.25) is 0 Å². The van der Waals surface area contributed by atoms with Crippen LogP contribution in [0.15, 0.2) is 89.7 Å². The monoisotopic (exact) mass is 385 g/mol. The standard InChI is InChI=1S/C23H16FN3O2/c24-17-13-7-8-14-18(17)25-22(28)20-19(15-9-3-1-4-10-15)21(26-27-23(20)29)16-11-5-2-6-12-16/h1-14H,(H,25,28)(H,27,29). The van der Waals surface area contributed by atoms with Gasteiger partial charge in [0, 0.05) is 11.1 Å². The molecular formula is C23H16FN3O2. The summed E-state index contributed by atoms with van der Waals surface area (Å²) in [6, 6.07) is 24.1. The van der Waals surface area contributed by atoms with Crippen LogP contribution in [0.25, 0.3) is 22.4 Å². The highest BCUT2D eigenvalue weighted by molar-refractivity contribution is 6.10. The number of halogens is 1. The number of benzene rings is 3. The summed E-state index contributed by atoms with van der Waals surface area (Å²) in [7, 11) is 0. The molecule has 0 aliphatic carbocycles. The van der Waals surface area contributed by atoms with Gasteiger partial charge < -0.3 is 5.32 Å². The van der Waals surface area contributed by atoms with E-state index in [0.29, 0.717) is 16.8 Å². The number of hydrogen-bond acceptors (Lipinski definition) is 3. The molecule has 0 fully saturated rings. The smallest absolute Gasteiger partial charge is 0.277 e. The molecule has 0 bridgehead atoms. The van der Waals surface area contributed by atoms with Crippen LogP contribution in [-0.2, 0) is 0 Å². The van der Waals surface area contributed by atoms with Crippen LogP contribution in [0.1, 0.15) is 10.4 Å². The van der Waals surface area contributed by atoms with E-state index in [1.165, 1.54) is 18.2 Å². The summed E-state index contributed by atoms with van der Waals surface area (Å²) in [4.78, 5) is 25.7. The van der Waals surface area contributed by atoms with Crippen molar-refractivity contribution in [1.82, 2.24) is 10.2 Å². The lowest BCUT2D eigenvalue weighted by molar-refractivity contribution is 0.102. The number of nitrogens with one attached hydrogen (secondary N) is 2. The summed E-state index contributed by atoms with van der Waals surface area (Å²) < 4.78 is 14.0. The lowest BCUT2D eigenvalue weighted by Crippen LogP contribution is -2.26. The SMILES string of the molecule is O=C(Nc1ccccc1F)c1c(-c2ccccc2)c(-c2ccccc2)n[nH]c1=O. The third-order valence-electron chi connectivity index (χ3n) is 4.44. The summed E-state index contributed by atoms with van der Waals surface area (Å²) in [5.74, 6) is -1.30. The van der Waals surface area contributed by atoms with Crippen molar-refractivity contribution in [3.8, 4) is 22.4 Å². The van der Waals surface area contributed by atoms with Crippen molar-refractivity contribution < 1.29 is 9.18 Å². The first-order valence-electron chi connectivity index (χ1n) is 8.94. The molecule has 2 N–H and O–H groups in total. The summed E-state index contributed by atoms with van der Waals surface area (Å²) in [5.41, 5.74) is 1.44. The summed E-state index contributed by atoms with van der Waals surface area (Å²) in [5, 5.41) is 9.09. The molecule has 0 unspecified atom stereocenters. The average molecular weight is 385 g/mol. The van der Waals surface area contributed by atoms with Crippen molar-refractivity contribution in [3.05, 3.63) is 107 Å². The van der Waals surface area contributed by atoms with Crippen molar-refractivity contribution in [3.63, 3.8) is 0 Å². The topological polar surface area (TPSA) is 74.8 Å². The van der Waals surface area contributed by atoms with Gasteiger partial charge in [-0.3, -0.25) is 9.59 Å². The third-order valence-corrected chi connectivity index (χ3v) is 4.44. The van der Waals surface area contributed by atoms with E-state index < -0.39 is 17.3 Å². The largest absolute Gasteiger partial charge is 0.319 e. The highest BCUT2D eigenvalue weighted by Gasteiger charge is 2.23. The molecule has 142 valence electrons. The summed E-state index contributed by atoms with van der Waals surface area (Å²) in [6.45, 7) is 0. The van der Waals surface area contributed by atoms with E-state index in [1.54, 1.807) is 18.2 Å². The van der Waals surface area contributed by atoms with E-state index in [9.17, 15) is 14.0 Å². The molecule has 1 heterocycles. The maximum atomic E-state index is 14.0. The highest BCUT2D eigenvalue weighted by atomic mass is 19.1. The third kappa shape index (κ3) is 3.68. The minimum absolute atomic E-state index is 0.00557. The number of anilines is 1. The first kappa shape index (κ1) is 18.3. The Morgan fingerprint density at radius 1 is 0.828 bits per heavy atom. The van der Waals surface area contributed by atoms with Crippen molar-refractivity contribution in [2.24, 2.45) is 0 Å². The predicted octanol–water partition coefficient (Wildman–Crippen LogP) is 4.50. The molecular weight excluding hydrogens is 369 g/mol. The summed E-state index contributed by atoms with van der Waals surface area (Å²) >= 11 is 0. The van der Waals surface area contributed by atoms with Crippen LogP contribution < -0.4 is 10.9 Å². The summed E-state index contributed by atoms with van der Waals surface area (Å²) in [6.07, 6.45) is 0.